The summed E-state index contributed by atoms with van der Waals surface area (Å²) in [5.74, 6) is 0.460. The molecule has 0 aliphatic heterocycles. The van der Waals surface area contributed by atoms with E-state index in [-0.39, 0.29) is 25.4 Å². The summed E-state index contributed by atoms with van der Waals surface area (Å²) in [6.45, 7) is 6.97. The van der Waals surface area contributed by atoms with Crippen LogP contribution in [-0.2, 0) is 49.2 Å². The summed E-state index contributed by atoms with van der Waals surface area (Å²) in [6.07, 6.45) is 0. The Morgan fingerprint density at radius 2 is 0.891 bits per heavy atom. The van der Waals surface area contributed by atoms with Crippen molar-refractivity contribution in [1.82, 2.24) is 0 Å². The van der Waals surface area contributed by atoms with E-state index in [2.05, 4.69) is 0 Å². The lowest BCUT2D eigenvalue weighted by molar-refractivity contribution is -0.000341. The Labute approximate surface area is 272 Å². The first-order valence-corrected chi connectivity index (χ1v) is 15.3. The summed E-state index contributed by atoms with van der Waals surface area (Å²) in [5.41, 5.74) is 1.21. The van der Waals surface area contributed by atoms with Gasteiger partial charge in [0, 0.05) is 14.2 Å². The minimum absolute atomic E-state index is 0.201. The molecule has 0 N–H and O–H groups in total. The molecule has 0 bridgehead atoms. The van der Waals surface area contributed by atoms with E-state index in [0.29, 0.717) is 110 Å². The number of esters is 1. The van der Waals surface area contributed by atoms with E-state index in [1.807, 2.05) is 30.3 Å². The van der Waals surface area contributed by atoms with E-state index in [1.54, 1.807) is 26.4 Å². The highest BCUT2D eigenvalue weighted by atomic mass is 16.6. The van der Waals surface area contributed by atoms with E-state index >= 15 is 0 Å². The van der Waals surface area contributed by atoms with Crippen LogP contribution < -0.4 is 14.2 Å². The Morgan fingerprint density at radius 3 is 1.28 bits per heavy atom. The molecule has 0 unspecified atom stereocenters. The molecule has 2 rings (SSSR count). The molecular formula is C33H50O13. The van der Waals surface area contributed by atoms with Gasteiger partial charge in [-0.25, -0.2) is 4.79 Å². The highest BCUT2D eigenvalue weighted by molar-refractivity contribution is 5.91. The van der Waals surface area contributed by atoms with Crippen molar-refractivity contribution in [3.05, 3.63) is 53.6 Å². The first-order valence-electron chi connectivity index (χ1n) is 15.3. The van der Waals surface area contributed by atoms with Crippen molar-refractivity contribution in [1.29, 1.82) is 0 Å². The number of ether oxygens (including phenoxy) is 12. The number of rotatable bonds is 30. The van der Waals surface area contributed by atoms with Crippen LogP contribution in [0.3, 0.4) is 0 Å². The van der Waals surface area contributed by atoms with Crippen molar-refractivity contribution in [3.63, 3.8) is 0 Å². The third-order valence-electron chi connectivity index (χ3n) is 5.99. The minimum atomic E-state index is -0.538. The zero-order chi connectivity index (χ0) is 32.9. The van der Waals surface area contributed by atoms with Gasteiger partial charge >= 0.3 is 5.97 Å². The fourth-order valence-corrected chi connectivity index (χ4v) is 3.69. The van der Waals surface area contributed by atoms with Gasteiger partial charge in [-0.2, -0.15) is 0 Å². The number of benzene rings is 2. The van der Waals surface area contributed by atoms with Gasteiger partial charge in [0.25, 0.3) is 0 Å². The number of carbonyl (C=O) groups excluding carboxylic acids is 1. The molecule has 0 atom stereocenters. The normalized spacial score (nSPS) is 11.0. The summed E-state index contributed by atoms with van der Waals surface area (Å²) in [4.78, 5) is 12.5. The highest BCUT2D eigenvalue weighted by Gasteiger charge is 2.20. The molecule has 0 amide bonds. The molecule has 0 fully saturated rings. The summed E-state index contributed by atoms with van der Waals surface area (Å²) in [6, 6.07) is 12.8. The highest BCUT2D eigenvalue weighted by Crippen LogP contribution is 2.40. The monoisotopic (exact) mass is 654 g/mol. The molecule has 260 valence electrons. The topological polar surface area (TPSA) is 128 Å². The Balaban J connectivity index is 1.89. The summed E-state index contributed by atoms with van der Waals surface area (Å²) >= 11 is 0. The molecule has 0 saturated heterocycles. The van der Waals surface area contributed by atoms with E-state index in [1.165, 1.54) is 7.11 Å². The molecular weight excluding hydrogens is 604 g/mol. The van der Waals surface area contributed by atoms with Crippen molar-refractivity contribution in [3.8, 4) is 17.2 Å². The second-order valence-corrected chi connectivity index (χ2v) is 9.42. The van der Waals surface area contributed by atoms with E-state index in [4.69, 9.17) is 56.8 Å². The van der Waals surface area contributed by atoms with Crippen LogP contribution in [-0.4, -0.2) is 133 Å². The predicted molar refractivity (Wildman–Crippen MR) is 168 cm³/mol. The molecule has 13 heteroatoms. The average Bonchev–Trinajstić information content (AvgIpc) is 3.08. The predicted octanol–water partition coefficient (Wildman–Crippen LogP) is 3.20. The van der Waals surface area contributed by atoms with Gasteiger partial charge in [-0.3, -0.25) is 0 Å². The Morgan fingerprint density at radius 1 is 0.500 bits per heavy atom. The average molecular weight is 655 g/mol. The van der Waals surface area contributed by atoms with Gasteiger partial charge in [0.05, 0.1) is 105 Å². The second kappa shape index (κ2) is 27.1. The van der Waals surface area contributed by atoms with Crippen molar-refractivity contribution in [2.45, 2.75) is 6.61 Å². The first-order chi connectivity index (χ1) is 22.7. The molecule has 0 aromatic heterocycles. The fraction of sp³-hybridized carbons (Fsp3) is 0.606. The minimum Gasteiger partial charge on any atom is -0.487 e. The van der Waals surface area contributed by atoms with Crippen LogP contribution in [0, 0.1) is 0 Å². The molecule has 13 nitrogen and oxygen atoms in total. The third-order valence-corrected chi connectivity index (χ3v) is 5.99. The lowest BCUT2D eigenvalue weighted by Crippen LogP contribution is -2.15. The van der Waals surface area contributed by atoms with E-state index in [0.717, 1.165) is 5.56 Å². The summed E-state index contributed by atoms with van der Waals surface area (Å²) in [7, 11) is 4.57. The van der Waals surface area contributed by atoms with Crippen molar-refractivity contribution in [2.75, 3.05) is 127 Å². The Hall–Kier alpha value is -3.01. The smallest absolute Gasteiger partial charge is 0.338 e. The standard InChI is InChI=1S/C33H50O13/c1-35-9-11-38-13-15-40-17-19-42-21-23-44-30-25-29(33(34)37-3)26-31(32(30)46-27-28-7-5-4-6-8-28)45-24-22-43-20-18-41-16-14-39-12-10-36-2/h4-8,25-26H,9-24,27H2,1-3H3. The Bertz CT molecular complexity index is 973. The zero-order valence-corrected chi connectivity index (χ0v) is 27.4. The molecule has 0 saturated carbocycles. The van der Waals surface area contributed by atoms with Crippen LogP contribution >= 0.6 is 0 Å². The maximum atomic E-state index is 12.5. The zero-order valence-electron chi connectivity index (χ0n) is 27.4. The third kappa shape index (κ3) is 18.2. The van der Waals surface area contributed by atoms with Gasteiger partial charge in [-0.05, 0) is 17.7 Å². The number of carbonyl (C=O) groups is 1. The van der Waals surface area contributed by atoms with Crippen LogP contribution in [0.4, 0.5) is 0 Å². The van der Waals surface area contributed by atoms with Gasteiger partial charge in [-0.15, -0.1) is 0 Å². The van der Waals surface area contributed by atoms with E-state index in [9.17, 15) is 4.79 Å². The quantitative estimate of drug-likeness (QED) is 0.0905. The van der Waals surface area contributed by atoms with Crippen LogP contribution in [0.25, 0.3) is 0 Å². The van der Waals surface area contributed by atoms with Crippen LogP contribution in [0.1, 0.15) is 15.9 Å². The van der Waals surface area contributed by atoms with Crippen molar-refractivity contribution < 1.29 is 61.6 Å². The summed E-state index contributed by atoms with van der Waals surface area (Å²) in [5, 5.41) is 0. The SMILES string of the molecule is COCCOCCOCCOCCOc1cc(C(=O)OC)cc(OCCOCCOCCOCCOC)c1OCc1ccccc1. The maximum Gasteiger partial charge on any atom is 0.338 e. The molecule has 0 radical (unpaired) electrons. The first kappa shape index (κ1) is 39.2. The molecule has 2 aromatic carbocycles. The largest absolute Gasteiger partial charge is 0.487 e. The van der Waals surface area contributed by atoms with Gasteiger partial charge in [-0.1, -0.05) is 30.3 Å². The van der Waals surface area contributed by atoms with Gasteiger partial charge < -0.3 is 56.8 Å². The number of hydrogen-bond acceptors (Lipinski definition) is 13. The maximum absolute atomic E-state index is 12.5. The van der Waals surface area contributed by atoms with Gasteiger partial charge in [0.1, 0.15) is 19.8 Å². The van der Waals surface area contributed by atoms with Crippen molar-refractivity contribution >= 4 is 5.97 Å². The molecule has 0 spiro atoms. The molecule has 2 aromatic rings. The lowest BCUT2D eigenvalue weighted by atomic mass is 10.1. The van der Waals surface area contributed by atoms with Crippen LogP contribution in [0.5, 0.6) is 17.2 Å². The lowest BCUT2D eigenvalue weighted by Gasteiger charge is -2.18. The fourth-order valence-electron chi connectivity index (χ4n) is 3.69. The van der Waals surface area contributed by atoms with Gasteiger partial charge in [0.15, 0.2) is 11.5 Å². The second-order valence-electron chi connectivity index (χ2n) is 9.42. The van der Waals surface area contributed by atoms with Crippen LogP contribution in [0.2, 0.25) is 0 Å². The molecule has 0 heterocycles. The number of methoxy groups -OCH3 is 3. The van der Waals surface area contributed by atoms with Crippen molar-refractivity contribution in [2.24, 2.45) is 0 Å². The molecule has 0 aliphatic carbocycles. The van der Waals surface area contributed by atoms with Gasteiger partial charge in [0.2, 0.25) is 5.75 Å². The summed E-state index contributed by atoms with van der Waals surface area (Å²) < 4.78 is 66.0. The molecule has 46 heavy (non-hydrogen) atoms. The van der Waals surface area contributed by atoms with Crippen LogP contribution in [0.15, 0.2) is 42.5 Å². The Kier molecular flexibility index (Phi) is 23.1. The number of hydrogen-bond donors (Lipinski definition) is 0. The molecule has 0 aliphatic rings. The van der Waals surface area contributed by atoms with E-state index < -0.39 is 5.97 Å².